The van der Waals surface area contributed by atoms with Crippen LogP contribution in [0.1, 0.15) is 29.9 Å². The molecule has 1 aromatic rings. The van der Waals surface area contributed by atoms with Crippen molar-refractivity contribution < 1.29 is 9.53 Å². The normalized spacial score (nSPS) is 10.8. The summed E-state index contributed by atoms with van der Waals surface area (Å²) in [6.07, 6.45) is 1.05. The molecule has 17 heavy (non-hydrogen) atoms. The van der Waals surface area contributed by atoms with Gasteiger partial charge < -0.3 is 15.8 Å². The molecule has 0 radical (unpaired) electrons. The van der Waals surface area contributed by atoms with Crippen LogP contribution in [0.15, 0.2) is 11.4 Å². The van der Waals surface area contributed by atoms with Gasteiger partial charge in [-0.2, -0.15) is 0 Å². The van der Waals surface area contributed by atoms with Crippen molar-refractivity contribution in [2.24, 2.45) is 5.92 Å². The Hall–Kier alpha value is -1.07. The molecule has 0 saturated carbocycles. The number of nitrogens with two attached hydrogens (primary N) is 1. The number of nitrogens with one attached hydrogen (secondary N) is 1. The zero-order chi connectivity index (χ0) is 12.7. The van der Waals surface area contributed by atoms with Crippen LogP contribution in [0.5, 0.6) is 0 Å². The second kappa shape index (κ2) is 7.29. The van der Waals surface area contributed by atoms with Crippen LogP contribution in [0.25, 0.3) is 0 Å². The fraction of sp³-hybridized carbons (Fsp3) is 0.583. The van der Waals surface area contributed by atoms with Gasteiger partial charge in [0.2, 0.25) is 0 Å². The Kier molecular flexibility index (Phi) is 6.00. The summed E-state index contributed by atoms with van der Waals surface area (Å²) < 4.78 is 5.40. The highest BCUT2D eigenvalue weighted by Crippen LogP contribution is 2.17. The van der Waals surface area contributed by atoms with Gasteiger partial charge in [-0.25, -0.2) is 0 Å². The van der Waals surface area contributed by atoms with Crippen molar-refractivity contribution in [2.45, 2.75) is 20.3 Å². The molecule has 1 aromatic heterocycles. The quantitative estimate of drug-likeness (QED) is 0.734. The Morgan fingerprint density at radius 3 is 2.88 bits per heavy atom. The monoisotopic (exact) mass is 256 g/mol. The summed E-state index contributed by atoms with van der Waals surface area (Å²) >= 11 is 1.35. The molecule has 96 valence electrons. The van der Waals surface area contributed by atoms with Crippen molar-refractivity contribution in [1.82, 2.24) is 5.32 Å². The van der Waals surface area contributed by atoms with Crippen LogP contribution in [0.3, 0.4) is 0 Å². The zero-order valence-corrected chi connectivity index (χ0v) is 11.2. The highest BCUT2D eigenvalue weighted by molar-refractivity contribution is 7.12. The molecular weight excluding hydrogens is 236 g/mol. The van der Waals surface area contributed by atoms with E-state index in [0.717, 1.165) is 13.0 Å². The molecule has 0 aliphatic carbocycles. The van der Waals surface area contributed by atoms with Gasteiger partial charge in [-0.3, -0.25) is 4.79 Å². The Morgan fingerprint density at radius 2 is 2.29 bits per heavy atom. The maximum atomic E-state index is 11.6. The van der Waals surface area contributed by atoms with Crippen LogP contribution in [0, 0.1) is 5.92 Å². The molecule has 0 saturated heterocycles. The van der Waals surface area contributed by atoms with E-state index in [1.54, 1.807) is 6.07 Å². The predicted octanol–water partition coefficient (Wildman–Crippen LogP) is 2.12. The lowest BCUT2D eigenvalue weighted by molar-refractivity contribution is 0.0910. The molecule has 1 rings (SSSR count). The van der Waals surface area contributed by atoms with Gasteiger partial charge in [-0.15, -0.1) is 11.3 Å². The van der Waals surface area contributed by atoms with Gasteiger partial charge >= 0.3 is 0 Å². The Bertz CT molecular complexity index is 350. The number of hydrogen-bond donors (Lipinski definition) is 2. The van der Waals surface area contributed by atoms with E-state index >= 15 is 0 Å². The molecule has 0 aliphatic rings. The standard InChI is InChI=1S/C12H20N2O2S/c1-9(2)3-6-16-7-5-14-12(15)11-10(13)4-8-17-11/h4,8-9H,3,5-7,13H2,1-2H3,(H,14,15). The first-order valence-corrected chi connectivity index (χ1v) is 6.68. The van der Waals surface area contributed by atoms with Crippen molar-refractivity contribution in [1.29, 1.82) is 0 Å². The van der Waals surface area contributed by atoms with Gasteiger partial charge in [0.1, 0.15) is 4.88 Å². The number of carbonyl (C=O) groups excluding carboxylic acids is 1. The van der Waals surface area contributed by atoms with Crippen molar-refractivity contribution in [3.63, 3.8) is 0 Å². The van der Waals surface area contributed by atoms with E-state index in [9.17, 15) is 4.79 Å². The SMILES string of the molecule is CC(C)CCOCCNC(=O)c1sccc1N. The number of nitrogen functional groups attached to an aromatic ring is 1. The number of hydrogen-bond acceptors (Lipinski definition) is 4. The molecule has 1 amide bonds. The maximum absolute atomic E-state index is 11.6. The predicted molar refractivity (Wildman–Crippen MR) is 71.3 cm³/mol. The maximum Gasteiger partial charge on any atom is 0.263 e. The minimum absolute atomic E-state index is 0.120. The van der Waals surface area contributed by atoms with Crippen LogP contribution in [-0.4, -0.2) is 25.7 Å². The molecule has 1 heterocycles. The average Bonchev–Trinajstić information content (AvgIpc) is 2.69. The van der Waals surface area contributed by atoms with E-state index in [4.69, 9.17) is 10.5 Å². The smallest absolute Gasteiger partial charge is 0.263 e. The van der Waals surface area contributed by atoms with Crippen LogP contribution >= 0.6 is 11.3 Å². The number of anilines is 1. The van der Waals surface area contributed by atoms with Gasteiger partial charge in [-0.1, -0.05) is 13.8 Å². The molecule has 3 N–H and O–H groups in total. The number of thiophene rings is 1. The fourth-order valence-electron chi connectivity index (χ4n) is 1.24. The van der Waals surface area contributed by atoms with E-state index in [2.05, 4.69) is 19.2 Å². The van der Waals surface area contributed by atoms with Crippen molar-refractivity contribution >= 4 is 22.9 Å². The van der Waals surface area contributed by atoms with Gasteiger partial charge in [-0.05, 0) is 23.8 Å². The number of rotatable bonds is 7. The molecule has 0 unspecified atom stereocenters. The first kappa shape index (κ1) is 14.0. The molecule has 0 aliphatic heterocycles. The number of amides is 1. The summed E-state index contributed by atoms with van der Waals surface area (Å²) in [5.41, 5.74) is 6.18. The molecule has 4 nitrogen and oxygen atoms in total. The largest absolute Gasteiger partial charge is 0.397 e. The first-order valence-electron chi connectivity index (χ1n) is 5.80. The van der Waals surface area contributed by atoms with Gasteiger partial charge in [0.05, 0.1) is 12.3 Å². The summed E-state index contributed by atoms with van der Waals surface area (Å²) in [4.78, 5) is 12.2. The van der Waals surface area contributed by atoms with E-state index in [-0.39, 0.29) is 5.91 Å². The van der Waals surface area contributed by atoms with Crippen LogP contribution in [-0.2, 0) is 4.74 Å². The van der Waals surface area contributed by atoms with Gasteiger partial charge in [0.15, 0.2) is 0 Å². The highest BCUT2D eigenvalue weighted by atomic mass is 32.1. The van der Waals surface area contributed by atoms with Gasteiger partial charge in [0.25, 0.3) is 5.91 Å². The van der Waals surface area contributed by atoms with Crippen molar-refractivity contribution in [3.8, 4) is 0 Å². The van der Waals surface area contributed by atoms with Crippen LogP contribution in [0.2, 0.25) is 0 Å². The second-order valence-corrected chi connectivity index (χ2v) is 5.17. The minimum atomic E-state index is -0.120. The average molecular weight is 256 g/mol. The lowest BCUT2D eigenvalue weighted by atomic mass is 10.1. The summed E-state index contributed by atoms with van der Waals surface area (Å²) in [5, 5.41) is 4.59. The van der Waals surface area contributed by atoms with E-state index in [1.165, 1.54) is 11.3 Å². The zero-order valence-electron chi connectivity index (χ0n) is 10.4. The molecule has 0 aromatic carbocycles. The lowest BCUT2D eigenvalue weighted by Crippen LogP contribution is -2.27. The lowest BCUT2D eigenvalue weighted by Gasteiger charge is -2.07. The second-order valence-electron chi connectivity index (χ2n) is 4.26. The van der Waals surface area contributed by atoms with Crippen LogP contribution < -0.4 is 11.1 Å². The number of carbonyl (C=O) groups is 1. The third-order valence-corrected chi connectivity index (χ3v) is 3.20. The van der Waals surface area contributed by atoms with E-state index in [1.807, 2.05) is 5.38 Å². The summed E-state index contributed by atoms with van der Waals surface area (Å²) in [7, 11) is 0. The molecule has 0 spiro atoms. The molecule has 0 bridgehead atoms. The molecule has 5 heteroatoms. The van der Waals surface area contributed by atoms with Crippen LogP contribution in [0.4, 0.5) is 5.69 Å². The Morgan fingerprint density at radius 1 is 1.53 bits per heavy atom. The Balaban J connectivity index is 2.11. The van der Waals surface area contributed by atoms with Crippen molar-refractivity contribution in [2.75, 3.05) is 25.5 Å². The van der Waals surface area contributed by atoms with E-state index in [0.29, 0.717) is 29.6 Å². The van der Waals surface area contributed by atoms with Crippen molar-refractivity contribution in [3.05, 3.63) is 16.3 Å². The third kappa shape index (κ3) is 5.19. The molecule has 0 atom stereocenters. The summed E-state index contributed by atoms with van der Waals surface area (Å²) in [5.74, 6) is 0.528. The topological polar surface area (TPSA) is 64.3 Å². The molecular formula is C12H20N2O2S. The summed E-state index contributed by atoms with van der Waals surface area (Å²) in [6, 6.07) is 1.73. The third-order valence-electron chi connectivity index (χ3n) is 2.27. The summed E-state index contributed by atoms with van der Waals surface area (Å²) in [6.45, 7) is 6.13. The Labute approximate surface area is 106 Å². The number of ether oxygens (including phenoxy) is 1. The van der Waals surface area contributed by atoms with Gasteiger partial charge in [0, 0.05) is 13.2 Å². The van der Waals surface area contributed by atoms with E-state index < -0.39 is 0 Å². The first-order chi connectivity index (χ1) is 8.11. The fourth-order valence-corrected chi connectivity index (χ4v) is 1.98. The minimum Gasteiger partial charge on any atom is -0.397 e. The molecule has 0 fully saturated rings. The highest BCUT2D eigenvalue weighted by Gasteiger charge is 2.09.